The lowest BCUT2D eigenvalue weighted by Crippen LogP contribution is -2.23. The predicted molar refractivity (Wildman–Crippen MR) is 82.6 cm³/mol. The van der Waals surface area contributed by atoms with Crippen molar-refractivity contribution in [2.45, 2.75) is 24.1 Å². The molecule has 0 spiro atoms. The van der Waals surface area contributed by atoms with Gasteiger partial charge in [-0.3, -0.25) is 0 Å². The molecular formula is C13H18N4O2S2. The van der Waals surface area contributed by atoms with Crippen LogP contribution in [0.1, 0.15) is 17.5 Å². The minimum Gasteiger partial charge on any atom is -0.317 e. The number of sulfonamides is 1. The number of aromatic nitrogens is 2. The molecule has 0 atom stereocenters. The third kappa shape index (κ3) is 4.85. The normalized spacial score (nSPS) is 11.7. The van der Waals surface area contributed by atoms with Crippen molar-refractivity contribution in [2.75, 3.05) is 13.1 Å². The fourth-order valence-corrected chi connectivity index (χ4v) is 4.09. The fourth-order valence-electron chi connectivity index (χ4n) is 1.69. The van der Waals surface area contributed by atoms with Gasteiger partial charge in [-0.2, -0.15) is 10.2 Å². The third-order valence-corrected chi connectivity index (χ3v) is 5.81. The summed E-state index contributed by atoms with van der Waals surface area (Å²) in [6, 6.07) is 6.95. The zero-order valence-corrected chi connectivity index (χ0v) is 13.4. The lowest BCUT2D eigenvalue weighted by Gasteiger charge is -2.03. The average Bonchev–Trinajstić information content (AvgIpc) is 2.96. The molecule has 0 amide bonds. The van der Waals surface area contributed by atoms with Gasteiger partial charge in [-0.05, 0) is 43.8 Å². The maximum Gasteiger partial charge on any atom is 0.250 e. The summed E-state index contributed by atoms with van der Waals surface area (Å²) in [5.74, 6) is 0. The van der Waals surface area contributed by atoms with Crippen molar-refractivity contribution >= 4 is 21.4 Å². The molecule has 2 aromatic heterocycles. The minimum atomic E-state index is -3.49. The second kappa shape index (κ2) is 7.60. The molecule has 2 rings (SSSR count). The smallest absolute Gasteiger partial charge is 0.250 e. The molecule has 6 nitrogen and oxygen atoms in total. The van der Waals surface area contributed by atoms with Crippen LogP contribution in [0.5, 0.6) is 0 Å². The molecule has 0 saturated carbocycles. The summed E-state index contributed by atoms with van der Waals surface area (Å²) in [5, 5.41) is 10.8. The van der Waals surface area contributed by atoms with Crippen molar-refractivity contribution in [3.63, 3.8) is 0 Å². The number of rotatable bonds is 8. The molecule has 0 saturated heterocycles. The highest BCUT2D eigenvalue weighted by atomic mass is 32.2. The van der Waals surface area contributed by atoms with E-state index in [4.69, 9.17) is 0 Å². The highest BCUT2D eigenvalue weighted by Crippen LogP contribution is 2.21. The van der Waals surface area contributed by atoms with E-state index in [9.17, 15) is 8.42 Å². The number of nitrogens with zero attached hydrogens (tertiary/aromatic N) is 2. The topological polar surface area (TPSA) is 84.0 Å². The number of hydrogen-bond donors (Lipinski definition) is 2. The van der Waals surface area contributed by atoms with E-state index < -0.39 is 10.0 Å². The molecule has 0 aliphatic carbocycles. The molecule has 2 aromatic rings. The zero-order chi connectivity index (χ0) is 15.1. The molecule has 0 unspecified atom stereocenters. The van der Waals surface area contributed by atoms with Crippen molar-refractivity contribution in [3.05, 3.63) is 41.0 Å². The van der Waals surface area contributed by atoms with E-state index in [-0.39, 0.29) is 6.54 Å². The first-order valence-corrected chi connectivity index (χ1v) is 8.97. The van der Waals surface area contributed by atoms with Gasteiger partial charge < -0.3 is 5.32 Å². The van der Waals surface area contributed by atoms with Crippen LogP contribution in [-0.4, -0.2) is 31.7 Å². The first kappa shape index (κ1) is 16.0. The Hall–Kier alpha value is -1.35. The summed E-state index contributed by atoms with van der Waals surface area (Å²) in [6.45, 7) is 3.95. The molecule has 0 radical (unpaired) electrons. The number of likely N-dealkylation sites (N-methyl/N-ethyl adjacent to an activating group) is 1. The number of thiophene rings is 1. The minimum absolute atomic E-state index is 0.140. The Morgan fingerprint density at radius 3 is 2.86 bits per heavy atom. The summed E-state index contributed by atoms with van der Waals surface area (Å²) in [7, 11) is -3.49. The number of nitrogens with one attached hydrogen (secondary N) is 2. The molecule has 2 N–H and O–H groups in total. The summed E-state index contributed by atoms with van der Waals surface area (Å²) >= 11 is 1.30. The lowest BCUT2D eigenvalue weighted by atomic mass is 10.3. The van der Waals surface area contributed by atoms with E-state index in [2.05, 4.69) is 20.2 Å². The maximum absolute atomic E-state index is 12.2. The van der Waals surface area contributed by atoms with Gasteiger partial charge in [-0.1, -0.05) is 6.92 Å². The standard InChI is InChI=1S/C13H18N4O2S2/c1-2-14-9-7-12-5-6-13(20-12)21(18,19)16-10-11-4-3-8-15-17-11/h3-6,8,14,16H,2,7,9-10H2,1H3. The quantitative estimate of drug-likeness (QED) is 0.712. The average molecular weight is 326 g/mol. The SMILES string of the molecule is CCNCCc1ccc(S(=O)(=O)NCc2cccnn2)s1. The third-order valence-electron chi connectivity index (χ3n) is 2.77. The fraction of sp³-hybridized carbons (Fsp3) is 0.385. The van der Waals surface area contributed by atoms with Crippen molar-refractivity contribution < 1.29 is 8.42 Å². The first-order valence-electron chi connectivity index (χ1n) is 6.67. The largest absolute Gasteiger partial charge is 0.317 e. The highest BCUT2D eigenvalue weighted by Gasteiger charge is 2.16. The van der Waals surface area contributed by atoms with Crippen LogP contribution in [0.25, 0.3) is 0 Å². The highest BCUT2D eigenvalue weighted by molar-refractivity contribution is 7.91. The molecule has 114 valence electrons. The molecule has 8 heteroatoms. The van der Waals surface area contributed by atoms with Gasteiger partial charge in [-0.25, -0.2) is 13.1 Å². The van der Waals surface area contributed by atoms with Crippen LogP contribution in [0.2, 0.25) is 0 Å². The maximum atomic E-state index is 12.2. The molecule has 0 aliphatic heterocycles. The van der Waals surface area contributed by atoms with Gasteiger partial charge in [0.2, 0.25) is 10.0 Å². The van der Waals surface area contributed by atoms with Crippen LogP contribution in [0.3, 0.4) is 0 Å². The zero-order valence-electron chi connectivity index (χ0n) is 11.7. The van der Waals surface area contributed by atoms with Crippen molar-refractivity contribution in [1.29, 1.82) is 0 Å². The van der Waals surface area contributed by atoms with E-state index in [0.29, 0.717) is 9.90 Å². The van der Waals surface area contributed by atoms with Crippen LogP contribution < -0.4 is 10.0 Å². The van der Waals surface area contributed by atoms with Gasteiger partial charge in [-0.15, -0.1) is 11.3 Å². The second-order valence-electron chi connectivity index (χ2n) is 4.36. The summed E-state index contributed by atoms with van der Waals surface area (Å²) in [4.78, 5) is 1.05. The van der Waals surface area contributed by atoms with Crippen LogP contribution in [-0.2, 0) is 23.0 Å². The summed E-state index contributed by atoms with van der Waals surface area (Å²) < 4.78 is 27.2. The Balaban J connectivity index is 1.96. The van der Waals surface area contributed by atoms with Crippen molar-refractivity contribution in [3.8, 4) is 0 Å². The molecule has 0 bridgehead atoms. The van der Waals surface area contributed by atoms with E-state index in [1.807, 2.05) is 13.0 Å². The van der Waals surface area contributed by atoms with Gasteiger partial charge in [0.25, 0.3) is 0 Å². The van der Waals surface area contributed by atoms with Crippen LogP contribution in [0.15, 0.2) is 34.7 Å². The molecule has 0 fully saturated rings. The van der Waals surface area contributed by atoms with Gasteiger partial charge in [0.1, 0.15) is 4.21 Å². The Bertz CT molecular complexity index is 656. The second-order valence-corrected chi connectivity index (χ2v) is 7.53. The molecule has 21 heavy (non-hydrogen) atoms. The van der Waals surface area contributed by atoms with E-state index >= 15 is 0 Å². The van der Waals surface area contributed by atoms with Gasteiger partial charge >= 0.3 is 0 Å². The van der Waals surface area contributed by atoms with Crippen LogP contribution in [0, 0.1) is 0 Å². The van der Waals surface area contributed by atoms with Crippen LogP contribution in [0.4, 0.5) is 0 Å². The van der Waals surface area contributed by atoms with Crippen molar-refractivity contribution in [1.82, 2.24) is 20.2 Å². The number of hydrogen-bond acceptors (Lipinski definition) is 6. The Morgan fingerprint density at radius 1 is 1.29 bits per heavy atom. The van der Waals surface area contributed by atoms with Gasteiger partial charge in [0, 0.05) is 11.1 Å². The summed E-state index contributed by atoms with van der Waals surface area (Å²) in [6.07, 6.45) is 2.38. The van der Waals surface area contributed by atoms with Gasteiger partial charge in [0.15, 0.2) is 0 Å². The molecule has 0 aromatic carbocycles. The molecule has 0 aliphatic rings. The van der Waals surface area contributed by atoms with Crippen molar-refractivity contribution in [2.24, 2.45) is 0 Å². The lowest BCUT2D eigenvalue weighted by molar-refractivity contribution is 0.582. The Labute approximate surface area is 128 Å². The molecular weight excluding hydrogens is 308 g/mol. The van der Waals surface area contributed by atoms with E-state index in [0.717, 1.165) is 24.4 Å². The van der Waals surface area contributed by atoms with E-state index in [1.54, 1.807) is 24.4 Å². The first-order chi connectivity index (χ1) is 10.1. The predicted octanol–water partition coefficient (Wildman–Crippen LogP) is 1.17. The monoisotopic (exact) mass is 326 g/mol. The van der Waals surface area contributed by atoms with Gasteiger partial charge in [0.05, 0.1) is 12.2 Å². The Kier molecular flexibility index (Phi) is 5.80. The molecule has 2 heterocycles. The summed E-state index contributed by atoms with van der Waals surface area (Å²) in [5.41, 5.74) is 0.588. The van der Waals surface area contributed by atoms with Crippen LogP contribution >= 0.6 is 11.3 Å². The Morgan fingerprint density at radius 2 is 2.14 bits per heavy atom. The van der Waals surface area contributed by atoms with E-state index in [1.165, 1.54) is 11.3 Å².